The number of methoxy groups -OCH3 is 2. The molecule has 0 unspecified atom stereocenters. The zero-order valence-electron chi connectivity index (χ0n) is 14.5. The molecular formula is C16H17F3N2O6. The molecule has 1 aromatic heterocycles. The minimum Gasteiger partial charge on any atom is -0.491 e. The van der Waals surface area contributed by atoms with E-state index in [0.717, 1.165) is 20.4 Å². The van der Waals surface area contributed by atoms with E-state index in [9.17, 15) is 27.6 Å². The zero-order valence-corrected chi connectivity index (χ0v) is 14.5. The smallest absolute Gasteiger partial charge is 0.406 e. The number of amides is 1. The Morgan fingerprint density at radius 3 is 2.59 bits per heavy atom. The molecule has 2 aliphatic heterocycles. The molecule has 3 heterocycles. The maximum absolute atomic E-state index is 13.0. The summed E-state index contributed by atoms with van der Waals surface area (Å²) in [7, 11) is 2.20. The van der Waals surface area contributed by atoms with Gasteiger partial charge >= 0.3 is 12.1 Å². The fourth-order valence-electron chi connectivity index (χ4n) is 3.53. The maximum atomic E-state index is 13.0. The monoisotopic (exact) mass is 390 g/mol. The lowest BCUT2D eigenvalue weighted by Gasteiger charge is -2.45. The minimum absolute atomic E-state index is 0.0894. The summed E-state index contributed by atoms with van der Waals surface area (Å²) in [6.45, 7) is -1.31. The normalized spacial score (nSPS) is 22.1. The van der Waals surface area contributed by atoms with Crippen LogP contribution in [0.1, 0.15) is 33.3 Å². The van der Waals surface area contributed by atoms with E-state index in [1.165, 1.54) is 4.57 Å². The van der Waals surface area contributed by atoms with Crippen molar-refractivity contribution < 1.29 is 37.0 Å². The number of alkyl halides is 3. The molecule has 0 N–H and O–H groups in total. The van der Waals surface area contributed by atoms with Crippen LogP contribution in [-0.4, -0.2) is 67.5 Å². The zero-order chi connectivity index (χ0) is 19.9. The highest BCUT2D eigenvalue weighted by molar-refractivity contribution is 5.98. The highest BCUT2D eigenvalue weighted by Gasteiger charge is 2.47. The van der Waals surface area contributed by atoms with Gasteiger partial charge in [0.25, 0.3) is 5.91 Å². The van der Waals surface area contributed by atoms with Crippen LogP contribution in [0.25, 0.3) is 0 Å². The predicted molar refractivity (Wildman–Crippen MR) is 83.9 cm³/mol. The van der Waals surface area contributed by atoms with Crippen LogP contribution in [0.2, 0.25) is 0 Å². The molecule has 27 heavy (non-hydrogen) atoms. The van der Waals surface area contributed by atoms with E-state index < -0.39 is 47.9 Å². The Morgan fingerprint density at radius 2 is 2.00 bits per heavy atom. The van der Waals surface area contributed by atoms with Crippen LogP contribution in [0.15, 0.2) is 11.0 Å². The van der Waals surface area contributed by atoms with Gasteiger partial charge in [0, 0.05) is 12.8 Å². The van der Waals surface area contributed by atoms with Gasteiger partial charge in [-0.2, -0.15) is 13.2 Å². The van der Waals surface area contributed by atoms with Crippen molar-refractivity contribution in [3.8, 4) is 5.75 Å². The van der Waals surface area contributed by atoms with Crippen LogP contribution >= 0.6 is 0 Å². The number of halogens is 3. The molecular weight excluding hydrogens is 373 g/mol. The van der Waals surface area contributed by atoms with Gasteiger partial charge < -0.3 is 23.7 Å². The van der Waals surface area contributed by atoms with Crippen LogP contribution < -0.4 is 10.2 Å². The van der Waals surface area contributed by atoms with Gasteiger partial charge in [0.05, 0.1) is 32.9 Å². The fourth-order valence-corrected chi connectivity index (χ4v) is 3.53. The standard InChI is InChI=1S/C16H17F3N2O6/c1-25-13-11-14(23)21(7-16(17,18)19)10-6-27-4-3-9(10)20(11)5-8(12(13)22)15(24)26-2/h5,9-10H,3-4,6-7H2,1-2H3/t9-,10+/m0/s1. The number of pyridine rings is 1. The summed E-state index contributed by atoms with van der Waals surface area (Å²) >= 11 is 0. The third-order valence-electron chi connectivity index (χ3n) is 4.66. The molecule has 1 saturated heterocycles. The second-order valence-corrected chi connectivity index (χ2v) is 6.20. The van der Waals surface area contributed by atoms with Gasteiger partial charge in [0.1, 0.15) is 12.1 Å². The van der Waals surface area contributed by atoms with Gasteiger partial charge in [-0.1, -0.05) is 0 Å². The Bertz CT molecular complexity index is 835. The number of fused-ring (bicyclic) bond motifs is 3. The lowest BCUT2D eigenvalue weighted by molar-refractivity contribution is -0.153. The van der Waals surface area contributed by atoms with Crippen LogP contribution in [0.4, 0.5) is 13.2 Å². The summed E-state index contributed by atoms with van der Waals surface area (Å²) in [5.74, 6) is -2.42. The van der Waals surface area contributed by atoms with Crippen molar-refractivity contribution in [2.75, 3.05) is 34.0 Å². The van der Waals surface area contributed by atoms with E-state index >= 15 is 0 Å². The van der Waals surface area contributed by atoms with Gasteiger partial charge in [0.2, 0.25) is 5.43 Å². The van der Waals surface area contributed by atoms with E-state index in [0.29, 0.717) is 11.3 Å². The average molecular weight is 390 g/mol. The van der Waals surface area contributed by atoms with Crippen LogP contribution in [0.3, 0.4) is 0 Å². The number of hydrogen-bond donors (Lipinski definition) is 0. The van der Waals surface area contributed by atoms with Crippen LogP contribution in [-0.2, 0) is 9.47 Å². The molecule has 0 aromatic carbocycles. The lowest BCUT2D eigenvalue weighted by Crippen LogP contribution is -2.58. The molecule has 2 atom stereocenters. The van der Waals surface area contributed by atoms with Crippen molar-refractivity contribution >= 4 is 11.9 Å². The van der Waals surface area contributed by atoms with E-state index in [-0.39, 0.29) is 24.5 Å². The van der Waals surface area contributed by atoms with Crippen LogP contribution in [0.5, 0.6) is 5.75 Å². The molecule has 0 bridgehead atoms. The molecule has 0 saturated carbocycles. The maximum Gasteiger partial charge on any atom is 0.406 e. The number of rotatable bonds is 3. The molecule has 8 nitrogen and oxygen atoms in total. The highest BCUT2D eigenvalue weighted by atomic mass is 19.4. The first-order valence-electron chi connectivity index (χ1n) is 8.06. The Balaban J connectivity index is 2.23. The van der Waals surface area contributed by atoms with E-state index in [1.807, 2.05) is 0 Å². The molecule has 148 valence electrons. The number of ether oxygens (including phenoxy) is 3. The summed E-state index contributed by atoms with van der Waals surface area (Å²) in [6.07, 6.45) is -3.18. The van der Waals surface area contributed by atoms with Gasteiger partial charge in [-0.15, -0.1) is 0 Å². The van der Waals surface area contributed by atoms with Gasteiger partial charge in [-0.05, 0) is 6.42 Å². The summed E-state index contributed by atoms with van der Waals surface area (Å²) in [4.78, 5) is 37.9. The summed E-state index contributed by atoms with van der Waals surface area (Å²) in [5.41, 5.74) is -1.59. The number of hydrogen-bond acceptors (Lipinski definition) is 6. The van der Waals surface area contributed by atoms with Gasteiger partial charge in [0.15, 0.2) is 11.4 Å². The minimum atomic E-state index is -4.63. The van der Waals surface area contributed by atoms with Crippen molar-refractivity contribution in [3.05, 3.63) is 27.7 Å². The highest BCUT2D eigenvalue weighted by Crippen LogP contribution is 2.37. The Kier molecular flexibility index (Phi) is 4.89. The number of carbonyl (C=O) groups is 2. The number of carbonyl (C=O) groups excluding carboxylic acids is 2. The molecule has 0 radical (unpaired) electrons. The van der Waals surface area contributed by atoms with Gasteiger partial charge in [-0.3, -0.25) is 9.59 Å². The topological polar surface area (TPSA) is 87.1 Å². The molecule has 3 rings (SSSR count). The molecule has 11 heteroatoms. The Morgan fingerprint density at radius 1 is 1.30 bits per heavy atom. The van der Waals surface area contributed by atoms with E-state index in [4.69, 9.17) is 9.47 Å². The van der Waals surface area contributed by atoms with E-state index in [1.54, 1.807) is 0 Å². The second kappa shape index (κ2) is 6.87. The third-order valence-corrected chi connectivity index (χ3v) is 4.66. The first kappa shape index (κ1) is 19.2. The molecule has 1 aromatic rings. The first-order valence-corrected chi connectivity index (χ1v) is 8.06. The molecule has 0 spiro atoms. The Labute approximate surface area is 151 Å². The largest absolute Gasteiger partial charge is 0.491 e. The number of aromatic nitrogens is 1. The molecule has 2 aliphatic rings. The predicted octanol–water partition coefficient (Wildman–Crippen LogP) is 0.992. The van der Waals surface area contributed by atoms with Crippen molar-refractivity contribution in [1.29, 1.82) is 0 Å². The quantitative estimate of drug-likeness (QED) is 0.716. The summed E-state index contributed by atoms with van der Waals surface area (Å²) in [6, 6.07) is -1.50. The number of esters is 1. The molecule has 0 aliphatic carbocycles. The second-order valence-electron chi connectivity index (χ2n) is 6.20. The molecule has 1 amide bonds. The summed E-state index contributed by atoms with van der Waals surface area (Å²) < 4.78 is 55.3. The fraction of sp³-hybridized carbons (Fsp3) is 0.562. The van der Waals surface area contributed by atoms with Crippen molar-refractivity contribution in [3.63, 3.8) is 0 Å². The van der Waals surface area contributed by atoms with Crippen LogP contribution in [0, 0.1) is 0 Å². The first-order chi connectivity index (χ1) is 12.7. The van der Waals surface area contributed by atoms with E-state index in [2.05, 4.69) is 4.74 Å². The van der Waals surface area contributed by atoms with Crippen molar-refractivity contribution in [1.82, 2.24) is 9.47 Å². The number of nitrogens with zero attached hydrogens (tertiary/aromatic N) is 2. The lowest BCUT2D eigenvalue weighted by atomic mass is 9.95. The average Bonchev–Trinajstić information content (AvgIpc) is 2.63. The SMILES string of the molecule is COC(=O)c1cn2c(c(OC)c1=O)C(=O)N(CC(F)(F)F)[C@@H]1COCC[C@@H]12. The Hall–Kier alpha value is -2.56. The van der Waals surface area contributed by atoms with Crippen molar-refractivity contribution in [2.24, 2.45) is 0 Å². The molecule has 1 fully saturated rings. The van der Waals surface area contributed by atoms with Crippen molar-refractivity contribution in [2.45, 2.75) is 24.7 Å². The summed E-state index contributed by atoms with van der Waals surface area (Å²) in [5, 5.41) is 0. The third kappa shape index (κ3) is 3.27. The van der Waals surface area contributed by atoms with Gasteiger partial charge in [-0.25, -0.2) is 4.79 Å².